The molecule has 0 aliphatic rings. The Bertz CT molecular complexity index is 420. The number of carbonyl (C=O) groups excluding carboxylic acids is 1. The Hall–Kier alpha value is -1.43. The van der Waals surface area contributed by atoms with Crippen molar-refractivity contribution in [1.29, 1.82) is 0 Å². The molecule has 1 rings (SSSR count). The molecular formula is C7H8N2O3S. The van der Waals surface area contributed by atoms with Crippen LogP contribution in [0.15, 0.2) is 17.1 Å². The minimum absolute atomic E-state index is 0.00606. The van der Waals surface area contributed by atoms with Gasteiger partial charge in [-0.25, -0.2) is 0 Å². The van der Waals surface area contributed by atoms with Gasteiger partial charge in [0.15, 0.2) is 4.77 Å². The predicted octanol–water partition coefficient (Wildman–Crippen LogP) is 0.0789. The summed E-state index contributed by atoms with van der Waals surface area (Å²) in [7, 11) is 1.29. The smallest absolute Gasteiger partial charge is 0.325 e. The number of H-pyrrole nitrogens is 1. The van der Waals surface area contributed by atoms with Crippen molar-refractivity contribution in [3.05, 3.63) is 27.4 Å². The highest BCUT2D eigenvalue weighted by Crippen LogP contribution is 1.87. The molecule has 0 amide bonds. The summed E-state index contributed by atoms with van der Waals surface area (Å²) in [5.74, 6) is -0.414. The molecule has 0 saturated heterocycles. The monoisotopic (exact) mass is 200 g/mol. The summed E-state index contributed by atoms with van der Waals surface area (Å²) in [4.78, 5) is 24.0. The zero-order valence-corrected chi connectivity index (χ0v) is 7.76. The Morgan fingerprint density at radius 2 is 2.46 bits per heavy atom. The largest absolute Gasteiger partial charge is 0.468 e. The molecule has 70 valence electrons. The van der Waals surface area contributed by atoms with Crippen molar-refractivity contribution in [2.24, 2.45) is 0 Å². The summed E-state index contributed by atoms with van der Waals surface area (Å²) < 4.78 is 6.07. The third-order valence-electron chi connectivity index (χ3n) is 1.42. The van der Waals surface area contributed by atoms with Crippen molar-refractivity contribution in [3.63, 3.8) is 0 Å². The molecule has 0 atom stereocenters. The zero-order valence-electron chi connectivity index (χ0n) is 6.94. The van der Waals surface area contributed by atoms with E-state index in [9.17, 15) is 9.59 Å². The van der Waals surface area contributed by atoms with Gasteiger partial charge < -0.3 is 9.30 Å². The number of nitrogens with one attached hydrogen (secondary N) is 1. The van der Waals surface area contributed by atoms with Crippen LogP contribution >= 0.6 is 12.2 Å². The van der Waals surface area contributed by atoms with Crippen LogP contribution in [0.25, 0.3) is 0 Å². The highest BCUT2D eigenvalue weighted by Gasteiger charge is 2.01. The van der Waals surface area contributed by atoms with Crippen LogP contribution in [0.1, 0.15) is 0 Å². The Morgan fingerprint density at radius 1 is 1.77 bits per heavy atom. The van der Waals surface area contributed by atoms with Crippen molar-refractivity contribution in [2.45, 2.75) is 6.54 Å². The summed E-state index contributed by atoms with van der Waals surface area (Å²) in [5.41, 5.74) is -0.286. The number of hydrogen-bond donors (Lipinski definition) is 1. The number of carbonyl (C=O) groups is 1. The van der Waals surface area contributed by atoms with Crippen LogP contribution in [0.3, 0.4) is 0 Å². The average molecular weight is 200 g/mol. The fourth-order valence-corrected chi connectivity index (χ4v) is 0.998. The Kier molecular flexibility index (Phi) is 2.97. The molecule has 0 spiro atoms. The minimum Gasteiger partial charge on any atom is -0.468 e. The van der Waals surface area contributed by atoms with Gasteiger partial charge in [-0.15, -0.1) is 0 Å². The van der Waals surface area contributed by atoms with Crippen LogP contribution in [0.4, 0.5) is 0 Å². The van der Waals surface area contributed by atoms with Crippen LogP contribution in [0, 0.1) is 4.77 Å². The minimum atomic E-state index is -0.414. The molecule has 0 radical (unpaired) electrons. The van der Waals surface area contributed by atoms with Crippen LogP contribution < -0.4 is 5.56 Å². The van der Waals surface area contributed by atoms with E-state index in [0.717, 1.165) is 0 Å². The molecule has 1 N–H and O–H groups in total. The topological polar surface area (TPSA) is 64.1 Å². The van der Waals surface area contributed by atoms with Gasteiger partial charge in [0, 0.05) is 12.3 Å². The Labute approximate surface area is 79.0 Å². The second kappa shape index (κ2) is 3.99. The summed E-state index contributed by atoms with van der Waals surface area (Å²) in [6, 6.07) is 1.29. The number of methoxy groups -OCH3 is 1. The number of nitrogens with zero attached hydrogens (tertiary/aromatic N) is 1. The zero-order chi connectivity index (χ0) is 9.84. The first kappa shape index (κ1) is 9.66. The number of hydrogen-bond acceptors (Lipinski definition) is 4. The van der Waals surface area contributed by atoms with Crippen LogP contribution in [0.5, 0.6) is 0 Å². The van der Waals surface area contributed by atoms with Gasteiger partial charge >= 0.3 is 5.97 Å². The van der Waals surface area contributed by atoms with Gasteiger partial charge in [-0.05, 0) is 12.2 Å². The molecule has 1 heterocycles. The molecule has 13 heavy (non-hydrogen) atoms. The average Bonchev–Trinajstić information content (AvgIpc) is 2.09. The van der Waals surface area contributed by atoms with Crippen LogP contribution in [0.2, 0.25) is 0 Å². The lowest BCUT2D eigenvalue weighted by Gasteiger charge is -2.02. The van der Waals surface area contributed by atoms with E-state index in [1.54, 1.807) is 0 Å². The fourth-order valence-electron chi connectivity index (χ4n) is 0.772. The highest BCUT2D eigenvalue weighted by molar-refractivity contribution is 7.71. The molecule has 0 aliphatic carbocycles. The normalized spacial score (nSPS) is 9.62. The third kappa shape index (κ3) is 2.51. The molecule has 0 aliphatic heterocycles. The second-order valence-electron chi connectivity index (χ2n) is 2.31. The van der Waals surface area contributed by atoms with E-state index in [-0.39, 0.29) is 16.9 Å². The molecule has 0 saturated carbocycles. The number of ether oxygens (including phenoxy) is 1. The van der Waals surface area contributed by atoms with Gasteiger partial charge in [-0.1, -0.05) is 0 Å². The van der Waals surface area contributed by atoms with Crippen molar-refractivity contribution >= 4 is 18.2 Å². The molecule has 0 unspecified atom stereocenters. The van der Waals surface area contributed by atoms with Crippen LogP contribution in [-0.4, -0.2) is 22.6 Å². The van der Waals surface area contributed by atoms with Crippen LogP contribution in [-0.2, 0) is 16.1 Å². The van der Waals surface area contributed by atoms with Crippen molar-refractivity contribution in [1.82, 2.24) is 9.55 Å². The molecule has 1 aromatic rings. The summed E-state index contributed by atoms with van der Waals surface area (Å²) >= 11 is 4.81. The molecule has 6 heteroatoms. The standard InChI is InChI=1S/C7H8N2O3S/c1-12-6(11)4-9-3-2-5(10)8-7(9)13/h2-3H,4H2,1H3,(H,8,10,13). The fraction of sp³-hybridized carbons (Fsp3) is 0.286. The first-order valence-corrected chi connectivity index (χ1v) is 3.91. The maximum Gasteiger partial charge on any atom is 0.325 e. The van der Waals surface area contributed by atoms with E-state index in [1.165, 1.54) is 23.9 Å². The molecule has 0 bridgehead atoms. The molecule has 5 nitrogen and oxygen atoms in total. The number of aromatic nitrogens is 2. The van der Waals surface area contributed by atoms with Crippen molar-refractivity contribution in [2.75, 3.05) is 7.11 Å². The predicted molar refractivity (Wildman–Crippen MR) is 47.9 cm³/mol. The number of aromatic amines is 1. The maximum atomic E-state index is 10.8. The van der Waals surface area contributed by atoms with E-state index in [1.807, 2.05) is 0 Å². The van der Waals surface area contributed by atoms with E-state index in [4.69, 9.17) is 12.2 Å². The molecule has 1 aromatic heterocycles. The summed E-state index contributed by atoms with van der Waals surface area (Å²) in [5, 5.41) is 0. The summed E-state index contributed by atoms with van der Waals surface area (Å²) in [6.07, 6.45) is 1.44. The molecule has 0 aromatic carbocycles. The quantitative estimate of drug-likeness (QED) is 0.542. The third-order valence-corrected chi connectivity index (χ3v) is 1.76. The lowest BCUT2D eigenvalue weighted by Crippen LogP contribution is -2.16. The van der Waals surface area contributed by atoms with Gasteiger partial charge in [0.1, 0.15) is 6.54 Å². The lowest BCUT2D eigenvalue weighted by atomic mass is 10.6. The second-order valence-corrected chi connectivity index (χ2v) is 2.70. The van der Waals surface area contributed by atoms with E-state index < -0.39 is 5.97 Å². The Morgan fingerprint density at radius 3 is 3.00 bits per heavy atom. The first-order chi connectivity index (χ1) is 6.13. The van der Waals surface area contributed by atoms with E-state index >= 15 is 0 Å². The van der Waals surface area contributed by atoms with Gasteiger partial charge in [-0.2, -0.15) is 0 Å². The van der Waals surface area contributed by atoms with Crippen molar-refractivity contribution in [3.8, 4) is 0 Å². The summed E-state index contributed by atoms with van der Waals surface area (Å²) in [6.45, 7) is 0.00606. The Balaban J connectivity index is 2.97. The molecular weight excluding hydrogens is 192 g/mol. The number of rotatable bonds is 2. The maximum absolute atomic E-state index is 10.8. The van der Waals surface area contributed by atoms with Gasteiger partial charge in [-0.3, -0.25) is 14.6 Å². The van der Waals surface area contributed by atoms with Crippen molar-refractivity contribution < 1.29 is 9.53 Å². The number of esters is 1. The highest BCUT2D eigenvalue weighted by atomic mass is 32.1. The van der Waals surface area contributed by atoms with E-state index in [0.29, 0.717) is 0 Å². The van der Waals surface area contributed by atoms with E-state index in [2.05, 4.69) is 9.72 Å². The van der Waals surface area contributed by atoms with Gasteiger partial charge in [0.2, 0.25) is 0 Å². The first-order valence-electron chi connectivity index (χ1n) is 3.50. The van der Waals surface area contributed by atoms with Gasteiger partial charge in [0.05, 0.1) is 7.11 Å². The lowest BCUT2D eigenvalue weighted by molar-refractivity contribution is -0.141. The molecule has 0 fully saturated rings. The van der Waals surface area contributed by atoms with Gasteiger partial charge in [0.25, 0.3) is 5.56 Å². The SMILES string of the molecule is COC(=O)Cn1ccc(=O)[nH]c1=S.